The van der Waals surface area contributed by atoms with Crippen molar-refractivity contribution in [3.63, 3.8) is 0 Å². The molecule has 0 aromatic rings. The van der Waals surface area contributed by atoms with Gasteiger partial charge in [-0.3, -0.25) is 14.9 Å². The third kappa shape index (κ3) is 2.47. The molecule has 18 heavy (non-hydrogen) atoms. The first kappa shape index (κ1) is 11.9. The van der Waals surface area contributed by atoms with Crippen LogP contribution in [0.25, 0.3) is 0 Å². The minimum atomic E-state index is 0.462. The highest BCUT2D eigenvalue weighted by molar-refractivity contribution is 5.68. The minimum absolute atomic E-state index is 0.462. The number of aliphatic imine (C=N–C) groups is 2. The average Bonchev–Trinajstić information content (AvgIpc) is 2.38. The molecule has 3 rings (SSSR count). The predicted molar refractivity (Wildman–Crippen MR) is 74.1 cm³/mol. The molecule has 1 fully saturated rings. The highest BCUT2D eigenvalue weighted by Crippen LogP contribution is 2.22. The summed E-state index contributed by atoms with van der Waals surface area (Å²) in [5.41, 5.74) is 2.39. The molecule has 3 aliphatic rings. The lowest BCUT2D eigenvalue weighted by Gasteiger charge is -2.36. The Morgan fingerprint density at radius 3 is 3.22 bits per heavy atom. The van der Waals surface area contributed by atoms with Crippen molar-refractivity contribution in [3.8, 4) is 0 Å². The fourth-order valence-electron chi connectivity index (χ4n) is 2.86. The molecular formula is C13H21N5. The van der Waals surface area contributed by atoms with Crippen molar-refractivity contribution in [2.24, 2.45) is 9.98 Å². The minimum Gasteiger partial charge on any atom is -0.347 e. The van der Waals surface area contributed by atoms with Gasteiger partial charge in [-0.1, -0.05) is 0 Å². The molecule has 0 aromatic heterocycles. The molecule has 1 atom stereocenters. The monoisotopic (exact) mass is 247 g/mol. The molecule has 3 aliphatic heterocycles. The van der Waals surface area contributed by atoms with E-state index in [0.717, 1.165) is 31.8 Å². The molecule has 0 aromatic carbocycles. The zero-order valence-electron chi connectivity index (χ0n) is 10.7. The first-order valence-corrected chi connectivity index (χ1v) is 6.90. The molecule has 0 amide bonds. The van der Waals surface area contributed by atoms with Gasteiger partial charge in [-0.25, -0.2) is 0 Å². The largest absolute Gasteiger partial charge is 0.347 e. The van der Waals surface area contributed by atoms with Crippen LogP contribution in [-0.2, 0) is 0 Å². The first-order valence-electron chi connectivity index (χ1n) is 6.90. The van der Waals surface area contributed by atoms with Crippen LogP contribution in [0.15, 0.2) is 21.4 Å². The fourth-order valence-corrected chi connectivity index (χ4v) is 2.86. The predicted octanol–water partition coefficient (Wildman–Crippen LogP) is 0.358. The lowest BCUT2D eigenvalue weighted by atomic mass is 10.0. The Morgan fingerprint density at radius 1 is 1.22 bits per heavy atom. The SMILES string of the molecule is C1=NCC2=C(N1)C(N1CCCCNCC1)CC=N2. The van der Waals surface area contributed by atoms with Gasteiger partial charge in [0, 0.05) is 25.7 Å². The second-order valence-electron chi connectivity index (χ2n) is 5.03. The van der Waals surface area contributed by atoms with Crippen molar-refractivity contribution in [3.05, 3.63) is 11.4 Å². The van der Waals surface area contributed by atoms with Crippen molar-refractivity contribution < 1.29 is 0 Å². The first-order chi connectivity index (χ1) is 8.95. The Bertz CT molecular complexity index is 377. The van der Waals surface area contributed by atoms with Gasteiger partial charge in [0.1, 0.15) is 0 Å². The summed E-state index contributed by atoms with van der Waals surface area (Å²) in [6, 6.07) is 0.462. The maximum atomic E-state index is 4.47. The molecule has 1 saturated heterocycles. The Hall–Kier alpha value is -1.20. The summed E-state index contributed by atoms with van der Waals surface area (Å²) in [6.45, 7) is 5.29. The van der Waals surface area contributed by atoms with Gasteiger partial charge in [-0.2, -0.15) is 0 Å². The van der Waals surface area contributed by atoms with Crippen LogP contribution in [-0.4, -0.2) is 56.2 Å². The van der Waals surface area contributed by atoms with Crippen LogP contribution < -0.4 is 10.6 Å². The van der Waals surface area contributed by atoms with E-state index < -0.39 is 0 Å². The number of rotatable bonds is 1. The van der Waals surface area contributed by atoms with Gasteiger partial charge in [-0.05, 0) is 25.9 Å². The van der Waals surface area contributed by atoms with E-state index >= 15 is 0 Å². The molecular weight excluding hydrogens is 226 g/mol. The quantitative estimate of drug-likeness (QED) is 0.703. The van der Waals surface area contributed by atoms with Crippen LogP contribution in [0.5, 0.6) is 0 Å². The maximum absolute atomic E-state index is 4.47. The number of hydrogen-bond acceptors (Lipinski definition) is 5. The molecule has 1 unspecified atom stereocenters. The summed E-state index contributed by atoms with van der Waals surface area (Å²) in [5, 5.41) is 6.81. The molecule has 5 heteroatoms. The van der Waals surface area contributed by atoms with Crippen molar-refractivity contribution in [1.29, 1.82) is 0 Å². The second-order valence-corrected chi connectivity index (χ2v) is 5.03. The van der Waals surface area contributed by atoms with Crippen LogP contribution >= 0.6 is 0 Å². The topological polar surface area (TPSA) is 52.0 Å². The lowest BCUT2D eigenvalue weighted by Crippen LogP contribution is -2.47. The van der Waals surface area contributed by atoms with E-state index in [2.05, 4.69) is 31.7 Å². The van der Waals surface area contributed by atoms with Gasteiger partial charge in [0.05, 0.1) is 30.3 Å². The second kappa shape index (κ2) is 5.63. The highest BCUT2D eigenvalue weighted by Gasteiger charge is 2.27. The van der Waals surface area contributed by atoms with Gasteiger partial charge in [0.15, 0.2) is 0 Å². The number of nitrogens with one attached hydrogen (secondary N) is 2. The smallest absolute Gasteiger partial charge is 0.0871 e. The van der Waals surface area contributed by atoms with E-state index in [1.165, 1.54) is 31.6 Å². The van der Waals surface area contributed by atoms with Crippen LogP contribution in [0.1, 0.15) is 19.3 Å². The summed E-state index contributed by atoms with van der Waals surface area (Å²) in [6.07, 6.45) is 7.43. The van der Waals surface area contributed by atoms with Crippen LogP contribution in [0.2, 0.25) is 0 Å². The molecule has 0 bridgehead atoms. The van der Waals surface area contributed by atoms with E-state index in [1.54, 1.807) is 0 Å². The third-order valence-electron chi connectivity index (χ3n) is 3.84. The van der Waals surface area contributed by atoms with Gasteiger partial charge in [0.25, 0.3) is 0 Å². The molecule has 0 saturated carbocycles. The zero-order valence-corrected chi connectivity index (χ0v) is 10.7. The van der Waals surface area contributed by atoms with Crippen molar-refractivity contribution in [2.45, 2.75) is 25.3 Å². The van der Waals surface area contributed by atoms with E-state index in [1.807, 2.05) is 6.34 Å². The molecule has 0 aliphatic carbocycles. The fraction of sp³-hybridized carbons (Fsp3) is 0.692. The Labute approximate surface area is 108 Å². The van der Waals surface area contributed by atoms with Gasteiger partial charge < -0.3 is 10.6 Å². The van der Waals surface area contributed by atoms with Gasteiger partial charge in [0.2, 0.25) is 0 Å². The maximum Gasteiger partial charge on any atom is 0.0871 e. The van der Waals surface area contributed by atoms with Gasteiger partial charge in [-0.15, -0.1) is 0 Å². The molecule has 98 valence electrons. The Balaban J connectivity index is 1.74. The summed E-state index contributed by atoms with van der Waals surface area (Å²) < 4.78 is 0. The zero-order chi connectivity index (χ0) is 12.2. The van der Waals surface area contributed by atoms with Crippen LogP contribution in [0, 0.1) is 0 Å². The van der Waals surface area contributed by atoms with E-state index in [-0.39, 0.29) is 0 Å². The standard InChI is InChI=1S/C13H21N5/c1-2-7-18(8-6-14-4-1)12-3-5-16-11-9-15-10-17-13(11)12/h5,10,12,14H,1-4,6-9H2,(H,15,17). The lowest BCUT2D eigenvalue weighted by molar-refractivity contribution is 0.205. The third-order valence-corrected chi connectivity index (χ3v) is 3.84. The molecule has 0 radical (unpaired) electrons. The summed E-state index contributed by atoms with van der Waals surface area (Å²) in [4.78, 5) is 11.3. The summed E-state index contributed by atoms with van der Waals surface area (Å²) in [7, 11) is 0. The molecule has 2 N–H and O–H groups in total. The molecule has 0 spiro atoms. The normalized spacial score (nSPS) is 29.4. The van der Waals surface area contributed by atoms with Crippen LogP contribution in [0.4, 0.5) is 0 Å². The van der Waals surface area contributed by atoms with E-state index in [9.17, 15) is 0 Å². The van der Waals surface area contributed by atoms with Gasteiger partial charge >= 0.3 is 0 Å². The van der Waals surface area contributed by atoms with Crippen LogP contribution in [0.3, 0.4) is 0 Å². The summed E-state index contributed by atoms with van der Waals surface area (Å²) >= 11 is 0. The van der Waals surface area contributed by atoms with E-state index in [4.69, 9.17) is 0 Å². The molecule has 5 nitrogen and oxygen atoms in total. The van der Waals surface area contributed by atoms with Crippen molar-refractivity contribution >= 4 is 12.6 Å². The molecule has 3 heterocycles. The number of hydrogen-bond donors (Lipinski definition) is 2. The Morgan fingerprint density at radius 2 is 2.22 bits per heavy atom. The highest BCUT2D eigenvalue weighted by atomic mass is 15.2. The summed E-state index contributed by atoms with van der Waals surface area (Å²) in [5.74, 6) is 0. The van der Waals surface area contributed by atoms with Crippen molar-refractivity contribution in [2.75, 3.05) is 32.7 Å². The van der Waals surface area contributed by atoms with E-state index in [0.29, 0.717) is 6.04 Å². The van der Waals surface area contributed by atoms with Crippen molar-refractivity contribution in [1.82, 2.24) is 15.5 Å². The number of nitrogens with zero attached hydrogens (tertiary/aromatic N) is 3. The Kier molecular flexibility index (Phi) is 3.71. The average molecular weight is 247 g/mol.